The van der Waals surface area contributed by atoms with Gasteiger partial charge in [-0.3, -0.25) is 4.98 Å². The van der Waals surface area contributed by atoms with Crippen molar-refractivity contribution in [2.24, 2.45) is 23.7 Å². The molecule has 2 bridgehead atoms. The molecule has 5 rings (SSSR count). The molecule has 2 amide bonds. The van der Waals surface area contributed by atoms with Gasteiger partial charge in [0.05, 0.1) is 6.10 Å². The van der Waals surface area contributed by atoms with Gasteiger partial charge in [-0.1, -0.05) is 18.2 Å². The van der Waals surface area contributed by atoms with Gasteiger partial charge in [0.2, 0.25) is 0 Å². The summed E-state index contributed by atoms with van der Waals surface area (Å²) in [5.74, 6) is 2.81. The van der Waals surface area contributed by atoms with E-state index in [2.05, 4.69) is 27.4 Å². The van der Waals surface area contributed by atoms with E-state index in [1.807, 2.05) is 18.3 Å². The summed E-state index contributed by atoms with van der Waals surface area (Å²) in [7, 11) is 0. The Morgan fingerprint density at radius 1 is 1.20 bits per heavy atom. The third kappa shape index (κ3) is 2.74. The highest BCUT2D eigenvalue weighted by Gasteiger charge is 2.50. The number of carbonyl (C=O) groups is 1. The summed E-state index contributed by atoms with van der Waals surface area (Å²) < 4.78 is 5.89. The molecule has 1 saturated carbocycles. The van der Waals surface area contributed by atoms with Crippen LogP contribution in [0, 0.1) is 23.7 Å². The number of rotatable bonds is 2. The van der Waals surface area contributed by atoms with Gasteiger partial charge in [-0.15, -0.1) is 0 Å². The first kappa shape index (κ1) is 15.4. The number of carbonyl (C=O) groups excluding carboxylic acids is 1. The Labute approximate surface area is 148 Å². The van der Waals surface area contributed by atoms with Gasteiger partial charge >= 0.3 is 6.03 Å². The van der Waals surface area contributed by atoms with Crippen molar-refractivity contribution in [2.75, 3.05) is 19.7 Å². The number of likely N-dealkylation sites (tertiary alicyclic amines) is 1. The standard InChI is InChI=1S/C20H25N3O2/c24-20(23-11-17-13-3-4-14(8-13)18(17)12-23)22-16-5-7-25-19(9-16)15-2-1-6-21-10-15/h1-4,6,10,13-14,16-19H,5,7-9,11-12H2,(H,22,24)/t13?,14?,16?,17-,18+,19?. The summed E-state index contributed by atoms with van der Waals surface area (Å²) >= 11 is 0. The first-order chi connectivity index (χ1) is 12.3. The number of pyridine rings is 1. The van der Waals surface area contributed by atoms with Gasteiger partial charge < -0.3 is 15.0 Å². The molecule has 0 radical (unpaired) electrons. The summed E-state index contributed by atoms with van der Waals surface area (Å²) in [6.45, 7) is 2.54. The van der Waals surface area contributed by atoms with E-state index in [-0.39, 0.29) is 18.2 Å². The molecule has 25 heavy (non-hydrogen) atoms. The number of nitrogens with one attached hydrogen (secondary N) is 1. The van der Waals surface area contributed by atoms with E-state index >= 15 is 0 Å². The molecule has 0 spiro atoms. The van der Waals surface area contributed by atoms with Crippen LogP contribution < -0.4 is 5.32 Å². The molecule has 0 aromatic carbocycles. The highest BCUT2D eigenvalue weighted by Crippen LogP contribution is 2.51. The van der Waals surface area contributed by atoms with E-state index in [4.69, 9.17) is 4.74 Å². The Bertz CT molecular complexity index is 657. The molecule has 132 valence electrons. The lowest BCUT2D eigenvalue weighted by Gasteiger charge is -2.31. The summed E-state index contributed by atoms with van der Waals surface area (Å²) in [4.78, 5) is 19.0. The molecule has 5 heteroatoms. The van der Waals surface area contributed by atoms with Gasteiger partial charge in [0.15, 0.2) is 0 Å². The minimum atomic E-state index is 0.0331. The minimum Gasteiger partial charge on any atom is -0.373 e. The van der Waals surface area contributed by atoms with Gasteiger partial charge in [-0.05, 0) is 54.6 Å². The van der Waals surface area contributed by atoms with Crippen molar-refractivity contribution < 1.29 is 9.53 Å². The van der Waals surface area contributed by atoms with Crippen molar-refractivity contribution in [1.82, 2.24) is 15.2 Å². The second-order valence-corrected chi connectivity index (χ2v) is 8.00. The van der Waals surface area contributed by atoms with E-state index in [1.54, 1.807) is 6.20 Å². The highest BCUT2D eigenvalue weighted by atomic mass is 16.5. The third-order valence-corrected chi connectivity index (χ3v) is 6.62. The average Bonchev–Trinajstić information content (AvgIpc) is 3.36. The number of allylic oxidation sites excluding steroid dienone is 2. The first-order valence-electron chi connectivity index (χ1n) is 9.53. The summed E-state index contributed by atoms with van der Waals surface area (Å²) in [6.07, 6.45) is 11.5. The zero-order valence-electron chi connectivity index (χ0n) is 14.4. The van der Waals surface area contributed by atoms with Crippen molar-refractivity contribution in [1.29, 1.82) is 0 Å². The molecule has 3 fully saturated rings. The third-order valence-electron chi connectivity index (χ3n) is 6.62. The molecule has 4 aliphatic rings. The van der Waals surface area contributed by atoms with Crippen LogP contribution in [0.1, 0.15) is 30.9 Å². The summed E-state index contributed by atoms with van der Waals surface area (Å²) in [5, 5.41) is 3.27. The van der Waals surface area contributed by atoms with Crippen molar-refractivity contribution >= 4 is 6.03 Å². The van der Waals surface area contributed by atoms with Crippen molar-refractivity contribution in [2.45, 2.75) is 31.4 Å². The van der Waals surface area contributed by atoms with E-state index in [9.17, 15) is 4.79 Å². The molecule has 3 heterocycles. The zero-order valence-corrected chi connectivity index (χ0v) is 14.4. The lowest BCUT2D eigenvalue weighted by atomic mass is 9.86. The lowest BCUT2D eigenvalue weighted by Crippen LogP contribution is -2.46. The lowest BCUT2D eigenvalue weighted by molar-refractivity contribution is 0.00137. The number of nitrogens with zero attached hydrogens (tertiary/aromatic N) is 2. The molecule has 4 unspecified atom stereocenters. The van der Waals surface area contributed by atoms with Crippen LogP contribution in [0.25, 0.3) is 0 Å². The Balaban J connectivity index is 1.19. The fourth-order valence-electron chi connectivity index (χ4n) is 5.31. The molecule has 5 nitrogen and oxygen atoms in total. The molecule has 2 aliphatic carbocycles. The van der Waals surface area contributed by atoms with Gasteiger partial charge in [0, 0.05) is 38.1 Å². The van der Waals surface area contributed by atoms with Crippen LogP contribution in [0.15, 0.2) is 36.7 Å². The number of aromatic nitrogens is 1. The average molecular weight is 339 g/mol. The monoisotopic (exact) mass is 339 g/mol. The maximum Gasteiger partial charge on any atom is 0.317 e. The summed E-state index contributed by atoms with van der Waals surface area (Å²) in [6, 6.07) is 4.28. The van der Waals surface area contributed by atoms with Crippen molar-refractivity contribution in [3.05, 3.63) is 42.2 Å². The Morgan fingerprint density at radius 3 is 2.72 bits per heavy atom. The molecule has 1 aromatic rings. The first-order valence-corrected chi connectivity index (χ1v) is 9.53. The van der Waals surface area contributed by atoms with Crippen LogP contribution in [0.3, 0.4) is 0 Å². The van der Waals surface area contributed by atoms with E-state index in [0.717, 1.165) is 31.5 Å². The number of urea groups is 1. The van der Waals surface area contributed by atoms with E-state index in [1.165, 1.54) is 6.42 Å². The van der Waals surface area contributed by atoms with Crippen molar-refractivity contribution in [3.8, 4) is 0 Å². The summed E-state index contributed by atoms with van der Waals surface area (Å²) in [5.41, 5.74) is 1.10. The largest absolute Gasteiger partial charge is 0.373 e. The predicted octanol–water partition coefficient (Wildman–Crippen LogP) is 2.77. The molecule has 1 N–H and O–H groups in total. The van der Waals surface area contributed by atoms with Crippen LogP contribution in [0.5, 0.6) is 0 Å². The SMILES string of the molecule is O=C(NC1CCOC(c2cccnc2)C1)N1C[C@@H]2C3C=CC(C3)[C@@H]2C1. The maximum absolute atomic E-state index is 12.8. The van der Waals surface area contributed by atoms with Crippen LogP contribution in [-0.4, -0.2) is 41.7 Å². The topological polar surface area (TPSA) is 54.5 Å². The van der Waals surface area contributed by atoms with Gasteiger partial charge in [-0.25, -0.2) is 4.79 Å². The van der Waals surface area contributed by atoms with Gasteiger partial charge in [0.1, 0.15) is 0 Å². The van der Waals surface area contributed by atoms with Crippen LogP contribution in [-0.2, 0) is 4.74 Å². The molecule has 2 aliphatic heterocycles. The molecule has 1 aromatic heterocycles. The molecular formula is C20H25N3O2. The highest BCUT2D eigenvalue weighted by molar-refractivity contribution is 5.75. The van der Waals surface area contributed by atoms with Crippen LogP contribution in [0.4, 0.5) is 4.79 Å². The van der Waals surface area contributed by atoms with E-state index < -0.39 is 0 Å². The Hall–Kier alpha value is -1.88. The van der Waals surface area contributed by atoms with Crippen molar-refractivity contribution in [3.63, 3.8) is 0 Å². The number of ether oxygens (including phenoxy) is 1. The quantitative estimate of drug-likeness (QED) is 0.843. The fraction of sp³-hybridized carbons (Fsp3) is 0.600. The molecule has 6 atom stereocenters. The van der Waals surface area contributed by atoms with Crippen LogP contribution >= 0.6 is 0 Å². The Kier molecular flexibility index (Phi) is 3.77. The second-order valence-electron chi connectivity index (χ2n) is 8.00. The number of hydrogen-bond donors (Lipinski definition) is 1. The molecule has 2 saturated heterocycles. The maximum atomic E-state index is 12.8. The predicted molar refractivity (Wildman–Crippen MR) is 93.8 cm³/mol. The van der Waals surface area contributed by atoms with Gasteiger partial charge in [-0.2, -0.15) is 0 Å². The second kappa shape index (κ2) is 6.13. The number of fused-ring (bicyclic) bond motifs is 5. The van der Waals surface area contributed by atoms with E-state index in [0.29, 0.717) is 30.3 Å². The number of hydrogen-bond acceptors (Lipinski definition) is 3. The minimum absolute atomic E-state index is 0.0331. The molecular weight excluding hydrogens is 314 g/mol. The Morgan fingerprint density at radius 2 is 2.00 bits per heavy atom. The van der Waals surface area contributed by atoms with Crippen LogP contribution in [0.2, 0.25) is 0 Å². The normalized spacial score (nSPS) is 38.8. The zero-order chi connectivity index (χ0) is 16.8. The van der Waals surface area contributed by atoms with Gasteiger partial charge in [0.25, 0.3) is 0 Å². The number of amides is 2. The smallest absolute Gasteiger partial charge is 0.317 e. The fourth-order valence-corrected chi connectivity index (χ4v) is 5.31.